The second kappa shape index (κ2) is 4.45. The molecule has 1 aromatic rings. The smallest absolute Gasteiger partial charge is 0.212 e. The molecule has 80 valence electrons. The van der Waals surface area contributed by atoms with Crippen molar-refractivity contribution in [2.24, 2.45) is 0 Å². The zero-order valence-electron chi connectivity index (χ0n) is 8.81. The fourth-order valence-corrected chi connectivity index (χ4v) is 1.83. The monoisotopic (exact) mass is 205 g/mol. The van der Waals surface area contributed by atoms with Gasteiger partial charge in [0.15, 0.2) is 0 Å². The van der Waals surface area contributed by atoms with Gasteiger partial charge in [0.25, 0.3) is 0 Å². The molecule has 0 aromatic carbocycles. The van der Waals surface area contributed by atoms with Crippen LogP contribution >= 0.6 is 0 Å². The van der Waals surface area contributed by atoms with Crippen molar-refractivity contribution in [2.75, 3.05) is 7.11 Å². The molecule has 1 aliphatic rings. The maximum absolute atomic E-state index is 9.52. The predicted octanol–water partition coefficient (Wildman–Crippen LogP) is 2.02. The minimum Gasteiger partial charge on any atom is -0.481 e. The van der Waals surface area contributed by atoms with Crippen LogP contribution in [0.1, 0.15) is 24.8 Å². The van der Waals surface area contributed by atoms with Crippen LogP contribution in [-0.2, 0) is 0 Å². The third-order valence-electron chi connectivity index (χ3n) is 2.66. The van der Waals surface area contributed by atoms with E-state index in [9.17, 15) is 5.11 Å². The molecule has 0 saturated carbocycles. The summed E-state index contributed by atoms with van der Waals surface area (Å²) < 4.78 is 5.00. The second-order valence-corrected chi connectivity index (χ2v) is 3.74. The Morgan fingerprint density at radius 3 is 2.93 bits per heavy atom. The molecule has 1 N–H and O–H groups in total. The lowest BCUT2D eigenvalue weighted by molar-refractivity contribution is 0.206. The lowest BCUT2D eigenvalue weighted by atomic mass is 9.93. The Morgan fingerprint density at radius 1 is 1.47 bits per heavy atom. The molecule has 15 heavy (non-hydrogen) atoms. The fourth-order valence-electron chi connectivity index (χ4n) is 1.83. The van der Waals surface area contributed by atoms with E-state index in [1.807, 2.05) is 18.2 Å². The van der Waals surface area contributed by atoms with Crippen LogP contribution in [0.25, 0.3) is 5.57 Å². The summed E-state index contributed by atoms with van der Waals surface area (Å²) in [6.45, 7) is 0. The number of aromatic nitrogens is 1. The molecule has 1 aliphatic carbocycles. The summed E-state index contributed by atoms with van der Waals surface area (Å²) in [5.74, 6) is 0.621. The third-order valence-corrected chi connectivity index (χ3v) is 2.66. The van der Waals surface area contributed by atoms with E-state index in [0.29, 0.717) is 5.88 Å². The number of pyridine rings is 1. The van der Waals surface area contributed by atoms with E-state index in [4.69, 9.17) is 4.74 Å². The fraction of sp³-hybridized carbons (Fsp3) is 0.417. The van der Waals surface area contributed by atoms with Crippen LogP contribution in [0, 0.1) is 0 Å². The summed E-state index contributed by atoms with van der Waals surface area (Å²) >= 11 is 0. The number of nitrogens with zero attached hydrogens (tertiary/aromatic N) is 1. The first kappa shape index (κ1) is 10.2. The quantitative estimate of drug-likeness (QED) is 0.803. The summed E-state index contributed by atoms with van der Waals surface area (Å²) in [6, 6.07) is 3.83. The molecule has 0 radical (unpaired) electrons. The molecule has 1 heterocycles. The summed E-state index contributed by atoms with van der Waals surface area (Å²) in [5.41, 5.74) is 2.26. The first-order valence-corrected chi connectivity index (χ1v) is 5.19. The molecular formula is C12H15NO2. The molecule has 1 unspecified atom stereocenters. The molecule has 0 fully saturated rings. The Kier molecular flexibility index (Phi) is 3.02. The molecule has 0 amide bonds. The van der Waals surface area contributed by atoms with Crippen molar-refractivity contribution in [3.05, 3.63) is 30.0 Å². The van der Waals surface area contributed by atoms with Crippen molar-refractivity contribution < 1.29 is 9.84 Å². The number of rotatable bonds is 2. The minimum atomic E-state index is -0.296. The van der Waals surface area contributed by atoms with E-state index in [1.54, 1.807) is 13.3 Å². The first-order chi connectivity index (χ1) is 7.29. The Morgan fingerprint density at radius 2 is 2.33 bits per heavy atom. The number of methoxy groups -OCH3 is 1. The van der Waals surface area contributed by atoms with Gasteiger partial charge in [0.05, 0.1) is 13.2 Å². The van der Waals surface area contributed by atoms with E-state index in [1.165, 1.54) is 5.57 Å². The highest BCUT2D eigenvalue weighted by molar-refractivity contribution is 5.66. The van der Waals surface area contributed by atoms with Crippen molar-refractivity contribution in [1.29, 1.82) is 0 Å². The minimum absolute atomic E-state index is 0.296. The molecule has 2 rings (SSSR count). The lowest BCUT2D eigenvalue weighted by Gasteiger charge is -2.16. The average Bonchev–Trinajstić information content (AvgIpc) is 2.29. The Hall–Kier alpha value is -1.35. The van der Waals surface area contributed by atoms with Crippen LogP contribution in [-0.4, -0.2) is 23.3 Å². The van der Waals surface area contributed by atoms with Crippen LogP contribution in [0.4, 0.5) is 0 Å². The SMILES string of the molecule is COc1ccc(C2=CC(O)CCC2)cn1. The Bertz CT molecular complexity index is 356. The normalized spacial score (nSPS) is 20.9. The van der Waals surface area contributed by atoms with Crippen LogP contribution < -0.4 is 4.74 Å². The number of aliphatic hydroxyl groups is 1. The summed E-state index contributed by atoms with van der Waals surface area (Å²) in [7, 11) is 1.60. The summed E-state index contributed by atoms with van der Waals surface area (Å²) in [6.07, 6.45) is 6.35. The van der Waals surface area contributed by atoms with Gasteiger partial charge in [-0.3, -0.25) is 0 Å². The van der Waals surface area contributed by atoms with Gasteiger partial charge in [-0.25, -0.2) is 4.98 Å². The number of ether oxygens (including phenoxy) is 1. The van der Waals surface area contributed by atoms with Crippen molar-refractivity contribution >= 4 is 5.57 Å². The van der Waals surface area contributed by atoms with Gasteiger partial charge in [0.2, 0.25) is 5.88 Å². The predicted molar refractivity (Wildman–Crippen MR) is 58.6 cm³/mol. The third kappa shape index (κ3) is 2.36. The van der Waals surface area contributed by atoms with E-state index < -0.39 is 0 Å². The molecular weight excluding hydrogens is 190 g/mol. The van der Waals surface area contributed by atoms with E-state index in [2.05, 4.69) is 4.98 Å². The maximum Gasteiger partial charge on any atom is 0.212 e. The number of hydrogen-bond acceptors (Lipinski definition) is 3. The van der Waals surface area contributed by atoms with E-state index in [0.717, 1.165) is 24.8 Å². The van der Waals surface area contributed by atoms with E-state index in [-0.39, 0.29) is 6.10 Å². The molecule has 1 atom stereocenters. The lowest BCUT2D eigenvalue weighted by Crippen LogP contribution is -2.08. The molecule has 3 heteroatoms. The summed E-state index contributed by atoms with van der Waals surface area (Å²) in [4.78, 5) is 4.15. The van der Waals surface area contributed by atoms with Crippen molar-refractivity contribution in [2.45, 2.75) is 25.4 Å². The Labute approximate surface area is 89.4 Å². The van der Waals surface area contributed by atoms with Crippen LogP contribution in [0.15, 0.2) is 24.4 Å². The standard InChI is InChI=1S/C12H15NO2/c1-15-12-6-5-10(8-13-12)9-3-2-4-11(14)7-9/h5-8,11,14H,2-4H2,1H3. The van der Waals surface area contributed by atoms with Gasteiger partial charge < -0.3 is 9.84 Å². The molecule has 3 nitrogen and oxygen atoms in total. The highest BCUT2D eigenvalue weighted by Gasteiger charge is 2.12. The highest BCUT2D eigenvalue weighted by atomic mass is 16.5. The number of aliphatic hydroxyl groups excluding tert-OH is 1. The molecule has 0 spiro atoms. The maximum atomic E-state index is 9.52. The molecule has 0 bridgehead atoms. The molecule has 0 saturated heterocycles. The zero-order chi connectivity index (χ0) is 10.7. The van der Waals surface area contributed by atoms with Gasteiger partial charge >= 0.3 is 0 Å². The van der Waals surface area contributed by atoms with Gasteiger partial charge in [-0.05, 0) is 36.5 Å². The first-order valence-electron chi connectivity index (χ1n) is 5.19. The van der Waals surface area contributed by atoms with Crippen LogP contribution in [0.2, 0.25) is 0 Å². The van der Waals surface area contributed by atoms with Crippen LogP contribution in [0.5, 0.6) is 5.88 Å². The van der Waals surface area contributed by atoms with Crippen molar-refractivity contribution in [3.8, 4) is 5.88 Å². The van der Waals surface area contributed by atoms with Gasteiger partial charge in [-0.2, -0.15) is 0 Å². The largest absolute Gasteiger partial charge is 0.481 e. The Balaban J connectivity index is 2.21. The van der Waals surface area contributed by atoms with Gasteiger partial charge in [-0.15, -0.1) is 0 Å². The molecule has 1 aromatic heterocycles. The number of hydrogen-bond donors (Lipinski definition) is 1. The van der Waals surface area contributed by atoms with Crippen LogP contribution in [0.3, 0.4) is 0 Å². The van der Waals surface area contributed by atoms with E-state index >= 15 is 0 Å². The number of allylic oxidation sites excluding steroid dienone is 1. The second-order valence-electron chi connectivity index (χ2n) is 3.74. The zero-order valence-corrected chi connectivity index (χ0v) is 8.81. The summed E-state index contributed by atoms with van der Waals surface area (Å²) in [5, 5.41) is 9.52. The average molecular weight is 205 g/mol. The van der Waals surface area contributed by atoms with Gasteiger partial charge in [0.1, 0.15) is 0 Å². The topological polar surface area (TPSA) is 42.4 Å². The molecule has 0 aliphatic heterocycles. The van der Waals surface area contributed by atoms with Gasteiger partial charge in [-0.1, -0.05) is 6.08 Å². The highest BCUT2D eigenvalue weighted by Crippen LogP contribution is 2.26. The van der Waals surface area contributed by atoms with Crippen molar-refractivity contribution in [1.82, 2.24) is 4.98 Å². The van der Waals surface area contributed by atoms with Gasteiger partial charge in [0, 0.05) is 12.3 Å². The van der Waals surface area contributed by atoms with Crippen molar-refractivity contribution in [3.63, 3.8) is 0 Å².